The van der Waals surface area contributed by atoms with Crippen molar-refractivity contribution in [2.45, 2.75) is 75.4 Å². The van der Waals surface area contributed by atoms with Crippen molar-refractivity contribution >= 4 is 22.9 Å². The van der Waals surface area contributed by atoms with Gasteiger partial charge >= 0.3 is 13.1 Å². The molecule has 9 nitrogen and oxygen atoms in total. The summed E-state index contributed by atoms with van der Waals surface area (Å²) in [6.07, 6.45) is 4.22. The largest absolute Gasteiger partial charge is 0.462 e. The normalized spacial score (nSPS) is 17.3. The molecule has 1 aliphatic heterocycles. The molecule has 0 saturated carbocycles. The van der Waals surface area contributed by atoms with Crippen LogP contribution in [-0.2, 0) is 25.9 Å². The lowest BCUT2D eigenvalue weighted by molar-refractivity contribution is -0.154. The average molecular weight is 511 g/mol. The number of hydrogen-bond donors (Lipinski definition) is 3. The Balaban J connectivity index is 1.78. The van der Waals surface area contributed by atoms with Gasteiger partial charge in [-0.3, -0.25) is 9.69 Å². The van der Waals surface area contributed by atoms with Crippen molar-refractivity contribution in [2.75, 3.05) is 39.0 Å². The maximum absolute atomic E-state index is 12.7. The molecule has 0 radical (unpaired) electrons. The number of unbranched alkanes of at least 4 members (excludes halogenated alkanes) is 1. The third-order valence-electron chi connectivity index (χ3n) is 6.40. The first-order valence-electron chi connectivity index (χ1n) is 12.5. The van der Waals surface area contributed by atoms with E-state index >= 15 is 0 Å². The topological polar surface area (TPSA) is 133 Å². The van der Waals surface area contributed by atoms with Crippen molar-refractivity contribution < 1.29 is 28.0 Å². The molecule has 0 amide bonds. The Morgan fingerprint density at radius 3 is 2.17 bits per heavy atom. The van der Waals surface area contributed by atoms with Gasteiger partial charge in [-0.05, 0) is 63.7 Å². The Morgan fingerprint density at radius 1 is 1.06 bits per heavy atom. The van der Waals surface area contributed by atoms with Gasteiger partial charge in [-0.1, -0.05) is 25.0 Å². The summed E-state index contributed by atoms with van der Waals surface area (Å²) in [7, 11) is -4.52. The number of carbonyl (C=O) groups excluding carboxylic acids is 1. The molecule has 35 heavy (non-hydrogen) atoms. The summed E-state index contributed by atoms with van der Waals surface area (Å²) >= 11 is 0. The van der Waals surface area contributed by atoms with Crippen molar-refractivity contribution in [2.24, 2.45) is 5.73 Å². The van der Waals surface area contributed by atoms with E-state index in [-0.39, 0.29) is 18.4 Å². The molecule has 11 heteroatoms. The summed E-state index contributed by atoms with van der Waals surface area (Å²) in [4.78, 5) is 17.7. The Morgan fingerprint density at radius 2 is 1.63 bits per heavy atom. The van der Waals surface area contributed by atoms with Crippen LogP contribution < -0.4 is 5.73 Å². The number of piperazine rings is 1. The molecule has 4 N–H and O–H groups in total. The van der Waals surface area contributed by atoms with Gasteiger partial charge in [0, 0.05) is 39.0 Å². The molecular formula is C24H42BN3O6S. The Kier molecular flexibility index (Phi) is 11.6. The molecule has 0 aliphatic carbocycles. The molecule has 0 spiro atoms. The average Bonchev–Trinajstić information content (AvgIpc) is 2.77. The summed E-state index contributed by atoms with van der Waals surface area (Å²) in [6.45, 7) is 8.92. The molecule has 1 aromatic carbocycles. The number of nitrogens with zero attached hydrogens (tertiary/aromatic N) is 2. The van der Waals surface area contributed by atoms with E-state index in [4.69, 9.17) is 20.5 Å². The fourth-order valence-electron chi connectivity index (χ4n) is 4.32. The van der Waals surface area contributed by atoms with Gasteiger partial charge < -0.3 is 25.4 Å². The first-order valence-corrected chi connectivity index (χ1v) is 14.4. The minimum absolute atomic E-state index is 0.236. The van der Waals surface area contributed by atoms with E-state index in [0.717, 1.165) is 51.3 Å². The van der Waals surface area contributed by atoms with Gasteiger partial charge in [0.15, 0.2) is 9.84 Å². The van der Waals surface area contributed by atoms with E-state index in [1.54, 1.807) is 26.0 Å². The molecule has 1 aliphatic rings. The molecule has 0 aromatic heterocycles. The van der Waals surface area contributed by atoms with E-state index < -0.39 is 22.5 Å². The number of hydrogen-bond acceptors (Lipinski definition) is 9. The smallest absolute Gasteiger partial charge is 0.451 e. The van der Waals surface area contributed by atoms with Gasteiger partial charge in [-0.25, -0.2) is 8.42 Å². The second-order valence-corrected chi connectivity index (χ2v) is 12.0. The molecule has 198 valence electrons. The molecule has 1 atom stereocenters. The standard InChI is InChI=1S/C24H42BN3O6S/c1-20(2)34-23(29)24(26,11-4-5-13-25(30)31)12-6-14-27-15-17-28(18-16-27)19-21-7-9-22(10-8-21)35(3,32)33/h7-10,20,30-31H,4-6,11-19,26H2,1-3H3. The first kappa shape index (κ1) is 29.7. The molecule has 1 saturated heterocycles. The number of sulfone groups is 1. The van der Waals surface area contributed by atoms with Crippen molar-refractivity contribution in [3.05, 3.63) is 29.8 Å². The van der Waals surface area contributed by atoms with Crippen molar-refractivity contribution in [1.29, 1.82) is 0 Å². The lowest BCUT2D eigenvalue weighted by Gasteiger charge is -2.35. The number of esters is 1. The Labute approximate surface area is 210 Å². The summed E-state index contributed by atoms with van der Waals surface area (Å²) in [5.74, 6) is -0.385. The lowest BCUT2D eigenvalue weighted by Crippen LogP contribution is -2.51. The minimum Gasteiger partial charge on any atom is -0.462 e. The zero-order valence-corrected chi connectivity index (χ0v) is 22.2. The van der Waals surface area contributed by atoms with E-state index in [1.165, 1.54) is 6.26 Å². The quantitative estimate of drug-likeness (QED) is 0.192. The van der Waals surface area contributed by atoms with Crippen molar-refractivity contribution in [3.63, 3.8) is 0 Å². The van der Waals surface area contributed by atoms with Gasteiger partial charge in [-0.15, -0.1) is 0 Å². The molecule has 1 aromatic rings. The van der Waals surface area contributed by atoms with Crippen LogP contribution in [0.1, 0.15) is 51.5 Å². The second-order valence-electron chi connectivity index (χ2n) is 9.97. The van der Waals surface area contributed by atoms with Gasteiger partial charge in [0.05, 0.1) is 11.0 Å². The predicted molar refractivity (Wildman–Crippen MR) is 137 cm³/mol. The van der Waals surface area contributed by atoms with Crippen LogP contribution in [0.2, 0.25) is 6.32 Å². The highest BCUT2D eigenvalue weighted by molar-refractivity contribution is 7.90. The summed E-state index contributed by atoms with van der Waals surface area (Å²) in [5.41, 5.74) is 6.53. The molecule has 0 bridgehead atoms. The maximum atomic E-state index is 12.7. The number of nitrogens with two attached hydrogens (primary N) is 1. The van der Waals surface area contributed by atoms with Gasteiger partial charge in [0.25, 0.3) is 0 Å². The zero-order chi connectivity index (χ0) is 26.1. The third-order valence-corrected chi connectivity index (χ3v) is 7.53. The van der Waals surface area contributed by atoms with Crippen LogP contribution in [0.4, 0.5) is 0 Å². The highest BCUT2D eigenvalue weighted by Gasteiger charge is 2.35. The number of benzene rings is 1. The Hall–Kier alpha value is -1.50. The first-order chi connectivity index (χ1) is 16.4. The maximum Gasteiger partial charge on any atom is 0.451 e. The van der Waals surface area contributed by atoms with Crippen LogP contribution in [0.3, 0.4) is 0 Å². The Bertz CT molecular complexity index is 889. The van der Waals surface area contributed by atoms with Gasteiger partial charge in [0.1, 0.15) is 5.54 Å². The highest BCUT2D eigenvalue weighted by atomic mass is 32.2. The summed E-state index contributed by atoms with van der Waals surface area (Å²) < 4.78 is 28.7. The van der Waals surface area contributed by atoms with Crippen LogP contribution in [0.25, 0.3) is 0 Å². The summed E-state index contributed by atoms with van der Waals surface area (Å²) in [5, 5.41) is 18.1. The fraction of sp³-hybridized carbons (Fsp3) is 0.708. The SMILES string of the molecule is CC(C)OC(=O)C(N)(CCCCB(O)O)CCCN1CCN(Cc2ccc(S(C)(=O)=O)cc2)CC1. The summed E-state index contributed by atoms with van der Waals surface area (Å²) in [6, 6.07) is 7.08. The van der Waals surface area contributed by atoms with Crippen molar-refractivity contribution in [1.82, 2.24) is 9.80 Å². The lowest BCUT2D eigenvalue weighted by atomic mass is 9.81. The fourth-order valence-corrected chi connectivity index (χ4v) is 4.95. The van der Waals surface area contributed by atoms with Crippen LogP contribution >= 0.6 is 0 Å². The monoisotopic (exact) mass is 511 g/mol. The van der Waals surface area contributed by atoms with Gasteiger partial charge in [-0.2, -0.15) is 0 Å². The van der Waals surface area contributed by atoms with Crippen LogP contribution in [0, 0.1) is 0 Å². The zero-order valence-electron chi connectivity index (χ0n) is 21.4. The number of ether oxygens (including phenoxy) is 1. The predicted octanol–water partition coefficient (Wildman–Crippen LogP) is 1.28. The van der Waals surface area contributed by atoms with Crippen LogP contribution in [-0.4, -0.2) is 92.0 Å². The third kappa shape index (κ3) is 10.6. The van der Waals surface area contributed by atoms with E-state index in [0.29, 0.717) is 30.6 Å². The highest BCUT2D eigenvalue weighted by Crippen LogP contribution is 2.22. The van der Waals surface area contributed by atoms with E-state index in [2.05, 4.69) is 9.80 Å². The molecule has 1 fully saturated rings. The molecular weight excluding hydrogens is 469 g/mol. The number of rotatable bonds is 14. The number of carbonyl (C=O) groups is 1. The second kappa shape index (κ2) is 13.7. The van der Waals surface area contributed by atoms with Crippen LogP contribution in [0.15, 0.2) is 29.2 Å². The molecule has 2 rings (SSSR count). The van der Waals surface area contributed by atoms with E-state index in [1.807, 2.05) is 12.1 Å². The van der Waals surface area contributed by atoms with Crippen LogP contribution in [0.5, 0.6) is 0 Å². The minimum atomic E-state index is -3.18. The van der Waals surface area contributed by atoms with Crippen molar-refractivity contribution in [3.8, 4) is 0 Å². The molecule has 1 heterocycles. The molecule has 1 unspecified atom stereocenters. The van der Waals surface area contributed by atoms with E-state index in [9.17, 15) is 13.2 Å². The van der Waals surface area contributed by atoms with Gasteiger partial charge in [0.2, 0.25) is 0 Å².